The monoisotopic (exact) mass is 355 g/mol. The summed E-state index contributed by atoms with van der Waals surface area (Å²) in [6.45, 7) is 3.92. The first-order valence-corrected chi connectivity index (χ1v) is 9.44. The third-order valence-electron chi connectivity index (χ3n) is 5.36. The number of benzene rings is 1. The number of piperidine rings is 1. The molecule has 3 rings (SSSR count). The van der Waals surface area contributed by atoms with Crippen molar-refractivity contribution in [3.05, 3.63) is 35.4 Å². The van der Waals surface area contributed by atoms with Crippen molar-refractivity contribution < 1.29 is 9.90 Å². The predicted octanol–water partition coefficient (Wildman–Crippen LogP) is 3.12. The van der Waals surface area contributed by atoms with E-state index in [0.29, 0.717) is 12.3 Å². The predicted molar refractivity (Wildman–Crippen MR) is 105 cm³/mol. The van der Waals surface area contributed by atoms with Crippen LogP contribution in [-0.2, 0) is 11.4 Å². The summed E-state index contributed by atoms with van der Waals surface area (Å²) in [6.07, 6.45) is 3.76. The SMILES string of the molecule is Cc1cccc2cc(CO)c(N3CCCC(CCC(=O)N(C)C)C3)nc12. The Balaban J connectivity index is 1.81. The van der Waals surface area contributed by atoms with Crippen LogP contribution in [0.4, 0.5) is 5.82 Å². The molecule has 0 saturated carbocycles. The molecule has 1 fully saturated rings. The zero-order valence-corrected chi connectivity index (χ0v) is 16.0. The second-order valence-electron chi connectivity index (χ2n) is 7.56. The fourth-order valence-corrected chi connectivity index (χ4v) is 3.82. The lowest BCUT2D eigenvalue weighted by Crippen LogP contribution is -2.37. The number of carbonyl (C=O) groups excluding carboxylic acids is 1. The second-order valence-corrected chi connectivity index (χ2v) is 7.56. The summed E-state index contributed by atoms with van der Waals surface area (Å²) in [5, 5.41) is 10.9. The number of aryl methyl sites for hydroxylation is 1. The van der Waals surface area contributed by atoms with E-state index in [0.717, 1.165) is 60.2 Å². The molecule has 1 atom stereocenters. The zero-order chi connectivity index (χ0) is 18.7. The summed E-state index contributed by atoms with van der Waals surface area (Å²) in [5.74, 6) is 1.59. The second kappa shape index (κ2) is 8.04. The maximum Gasteiger partial charge on any atom is 0.222 e. The molecule has 0 spiro atoms. The van der Waals surface area contributed by atoms with E-state index in [-0.39, 0.29) is 12.5 Å². The van der Waals surface area contributed by atoms with Gasteiger partial charge in [0.1, 0.15) is 5.82 Å². The molecule has 26 heavy (non-hydrogen) atoms. The number of anilines is 1. The van der Waals surface area contributed by atoms with Crippen LogP contribution in [0.25, 0.3) is 10.9 Å². The summed E-state index contributed by atoms with van der Waals surface area (Å²) < 4.78 is 0. The summed E-state index contributed by atoms with van der Waals surface area (Å²) in [7, 11) is 3.62. The van der Waals surface area contributed by atoms with Gasteiger partial charge in [-0.05, 0) is 43.7 Å². The summed E-state index contributed by atoms with van der Waals surface area (Å²) in [5.41, 5.74) is 3.04. The molecule has 0 radical (unpaired) electrons. The van der Waals surface area contributed by atoms with Crippen molar-refractivity contribution in [2.75, 3.05) is 32.1 Å². The number of nitrogens with zero attached hydrogens (tertiary/aromatic N) is 3. The van der Waals surface area contributed by atoms with Crippen molar-refractivity contribution in [3.8, 4) is 0 Å². The summed E-state index contributed by atoms with van der Waals surface area (Å²) >= 11 is 0. The highest BCUT2D eigenvalue weighted by Crippen LogP contribution is 2.30. The van der Waals surface area contributed by atoms with Crippen molar-refractivity contribution in [3.63, 3.8) is 0 Å². The smallest absolute Gasteiger partial charge is 0.222 e. The average Bonchev–Trinajstić information content (AvgIpc) is 2.65. The van der Waals surface area contributed by atoms with Crippen molar-refractivity contribution in [1.82, 2.24) is 9.88 Å². The molecule has 1 aliphatic rings. The normalized spacial score (nSPS) is 17.5. The van der Waals surface area contributed by atoms with Gasteiger partial charge in [0.2, 0.25) is 5.91 Å². The average molecular weight is 355 g/mol. The van der Waals surface area contributed by atoms with Gasteiger partial charge in [-0.25, -0.2) is 4.98 Å². The lowest BCUT2D eigenvalue weighted by atomic mass is 9.93. The van der Waals surface area contributed by atoms with Crippen LogP contribution < -0.4 is 4.90 Å². The Morgan fingerprint density at radius 3 is 2.92 bits per heavy atom. The van der Waals surface area contributed by atoms with Crippen LogP contribution in [0.3, 0.4) is 0 Å². The van der Waals surface area contributed by atoms with Gasteiger partial charge >= 0.3 is 0 Å². The van der Waals surface area contributed by atoms with Gasteiger partial charge in [-0.3, -0.25) is 4.79 Å². The minimum Gasteiger partial charge on any atom is -0.392 e. The maximum atomic E-state index is 11.9. The Kier molecular flexibility index (Phi) is 5.77. The number of aliphatic hydroxyl groups is 1. The maximum absolute atomic E-state index is 11.9. The largest absolute Gasteiger partial charge is 0.392 e. The van der Waals surface area contributed by atoms with Gasteiger partial charge in [-0.2, -0.15) is 0 Å². The van der Waals surface area contributed by atoms with E-state index < -0.39 is 0 Å². The molecule has 1 aromatic carbocycles. The molecule has 0 bridgehead atoms. The van der Waals surface area contributed by atoms with Crippen LogP contribution in [0.1, 0.15) is 36.8 Å². The molecule has 5 nitrogen and oxygen atoms in total. The molecule has 1 aromatic heterocycles. The van der Waals surface area contributed by atoms with Crippen LogP contribution in [0.2, 0.25) is 0 Å². The molecule has 0 aliphatic carbocycles. The van der Waals surface area contributed by atoms with Crippen molar-refractivity contribution in [1.29, 1.82) is 0 Å². The molecule has 1 N–H and O–H groups in total. The van der Waals surface area contributed by atoms with Crippen molar-refractivity contribution in [2.24, 2.45) is 5.92 Å². The molecular formula is C21H29N3O2. The van der Waals surface area contributed by atoms with Crippen LogP contribution in [-0.4, -0.2) is 48.1 Å². The highest BCUT2D eigenvalue weighted by molar-refractivity contribution is 5.84. The van der Waals surface area contributed by atoms with Crippen molar-refractivity contribution >= 4 is 22.6 Å². The molecular weight excluding hydrogens is 326 g/mol. The summed E-state index contributed by atoms with van der Waals surface area (Å²) in [6, 6.07) is 8.20. The lowest BCUT2D eigenvalue weighted by Gasteiger charge is -2.35. The van der Waals surface area contributed by atoms with Crippen LogP contribution in [0.5, 0.6) is 0 Å². The Morgan fingerprint density at radius 1 is 1.38 bits per heavy atom. The number of para-hydroxylation sites is 1. The number of rotatable bonds is 5. The van der Waals surface area contributed by atoms with Gasteiger partial charge in [0, 0.05) is 44.6 Å². The highest BCUT2D eigenvalue weighted by Gasteiger charge is 2.24. The lowest BCUT2D eigenvalue weighted by molar-refractivity contribution is -0.129. The number of hydrogen-bond acceptors (Lipinski definition) is 4. The Bertz CT molecular complexity index is 788. The zero-order valence-electron chi connectivity index (χ0n) is 16.0. The quantitative estimate of drug-likeness (QED) is 0.895. The Morgan fingerprint density at radius 2 is 2.19 bits per heavy atom. The van der Waals surface area contributed by atoms with Gasteiger partial charge in [0.05, 0.1) is 12.1 Å². The third-order valence-corrected chi connectivity index (χ3v) is 5.36. The van der Waals surface area contributed by atoms with E-state index in [1.807, 2.05) is 26.2 Å². The first-order chi connectivity index (χ1) is 12.5. The molecule has 1 amide bonds. The molecule has 2 heterocycles. The van der Waals surface area contributed by atoms with Gasteiger partial charge in [0.15, 0.2) is 0 Å². The minimum atomic E-state index is -0.00744. The van der Waals surface area contributed by atoms with E-state index in [4.69, 9.17) is 4.98 Å². The number of aliphatic hydroxyl groups excluding tert-OH is 1. The van der Waals surface area contributed by atoms with Gasteiger partial charge in [0.25, 0.3) is 0 Å². The first kappa shape index (κ1) is 18.6. The Labute approximate surface area is 155 Å². The standard InChI is InChI=1S/C21H29N3O2/c1-15-6-4-8-17-12-18(14-25)21(22-20(15)17)24-11-5-7-16(13-24)9-10-19(26)23(2)3/h4,6,8,12,16,25H,5,7,9-11,13-14H2,1-3H3. The number of pyridine rings is 1. The first-order valence-electron chi connectivity index (χ1n) is 9.44. The topological polar surface area (TPSA) is 56.7 Å². The van der Waals surface area contributed by atoms with Gasteiger partial charge in [-0.15, -0.1) is 0 Å². The van der Waals surface area contributed by atoms with Crippen molar-refractivity contribution in [2.45, 2.75) is 39.2 Å². The van der Waals surface area contributed by atoms with Gasteiger partial charge < -0.3 is 14.9 Å². The minimum absolute atomic E-state index is 0.00744. The van der Waals surface area contributed by atoms with Crippen LogP contribution >= 0.6 is 0 Å². The van der Waals surface area contributed by atoms with E-state index >= 15 is 0 Å². The number of carbonyl (C=O) groups is 1. The highest BCUT2D eigenvalue weighted by atomic mass is 16.3. The van der Waals surface area contributed by atoms with Gasteiger partial charge in [-0.1, -0.05) is 18.2 Å². The molecule has 1 saturated heterocycles. The number of amides is 1. The molecule has 5 heteroatoms. The van der Waals surface area contributed by atoms with E-state index in [1.165, 1.54) is 0 Å². The Hall–Kier alpha value is -2.14. The summed E-state index contributed by atoms with van der Waals surface area (Å²) in [4.78, 5) is 20.8. The third kappa shape index (κ3) is 3.98. The molecule has 140 valence electrons. The van der Waals surface area contributed by atoms with E-state index in [1.54, 1.807) is 4.90 Å². The molecule has 2 aromatic rings. The number of fused-ring (bicyclic) bond motifs is 1. The van der Waals surface area contributed by atoms with Crippen LogP contribution in [0.15, 0.2) is 24.3 Å². The number of hydrogen-bond donors (Lipinski definition) is 1. The molecule has 1 unspecified atom stereocenters. The number of aromatic nitrogens is 1. The molecule has 1 aliphatic heterocycles. The van der Waals surface area contributed by atoms with E-state index in [2.05, 4.69) is 24.0 Å². The van der Waals surface area contributed by atoms with E-state index in [9.17, 15) is 9.90 Å². The fourth-order valence-electron chi connectivity index (χ4n) is 3.82. The van der Waals surface area contributed by atoms with Crippen LogP contribution in [0, 0.1) is 12.8 Å². The fraction of sp³-hybridized carbons (Fsp3) is 0.524.